The van der Waals surface area contributed by atoms with E-state index in [9.17, 15) is 17.6 Å². The molecular formula is C24H23FN2O4S. The average molecular weight is 455 g/mol. The number of rotatable bonds is 3. The van der Waals surface area contributed by atoms with E-state index in [0.29, 0.717) is 18.2 Å². The third-order valence-corrected chi connectivity index (χ3v) is 8.24. The van der Waals surface area contributed by atoms with Gasteiger partial charge in [0.1, 0.15) is 12.4 Å². The van der Waals surface area contributed by atoms with Crippen molar-refractivity contribution in [1.82, 2.24) is 4.31 Å². The lowest BCUT2D eigenvalue weighted by molar-refractivity contribution is 0.135. The molecule has 166 valence electrons. The smallest absolute Gasteiger partial charge is 0.414 e. The minimum Gasteiger partial charge on any atom is -0.444 e. The maximum atomic E-state index is 14.2. The largest absolute Gasteiger partial charge is 0.444 e. The first-order valence-corrected chi connectivity index (χ1v) is 12.0. The van der Waals surface area contributed by atoms with Crippen molar-refractivity contribution in [3.8, 4) is 0 Å². The normalized spacial score (nSPS) is 17.9. The number of hydrogen-bond donors (Lipinski definition) is 0. The van der Waals surface area contributed by atoms with Crippen molar-refractivity contribution in [3.05, 3.63) is 71.5 Å². The number of carbonyl (C=O) groups excluding carboxylic acids is 1. The molecule has 3 aromatic carbocycles. The zero-order valence-corrected chi connectivity index (χ0v) is 18.4. The second-order valence-electron chi connectivity index (χ2n) is 8.28. The third-order valence-electron chi connectivity index (χ3n) is 6.28. The summed E-state index contributed by atoms with van der Waals surface area (Å²) in [6.45, 7) is 2.77. The summed E-state index contributed by atoms with van der Waals surface area (Å²) in [5.41, 5.74) is 2.88. The summed E-state index contributed by atoms with van der Waals surface area (Å²) in [6, 6.07) is 14.9. The number of amides is 1. The van der Waals surface area contributed by atoms with Crippen molar-refractivity contribution >= 4 is 32.6 Å². The highest BCUT2D eigenvalue weighted by Gasteiger charge is 2.37. The van der Waals surface area contributed by atoms with Gasteiger partial charge in [-0.25, -0.2) is 17.6 Å². The highest BCUT2D eigenvalue weighted by atomic mass is 32.2. The molecule has 5 rings (SSSR count). The molecule has 0 atom stereocenters. The van der Waals surface area contributed by atoms with Crippen LogP contribution in [0.15, 0.2) is 59.5 Å². The topological polar surface area (TPSA) is 66.9 Å². The predicted molar refractivity (Wildman–Crippen MR) is 120 cm³/mol. The fourth-order valence-electron chi connectivity index (χ4n) is 4.66. The van der Waals surface area contributed by atoms with Crippen LogP contribution in [0.4, 0.5) is 14.9 Å². The lowest BCUT2D eigenvalue weighted by Crippen LogP contribution is -2.50. The van der Waals surface area contributed by atoms with Gasteiger partial charge >= 0.3 is 6.09 Å². The Morgan fingerprint density at radius 2 is 1.72 bits per heavy atom. The van der Waals surface area contributed by atoms with Gasteiger partial charge in [0, 0.05) is 35.5 Å². The summed E-state index contributed by atoms with van der Waals surface area (Å²) >= 11 is 0. The Bertz CT molecular complexity index is 1320. The van der Waals surface area contributed by atoms with E-state index in [1.54, 1.807) is 29.2 Å². The first kappa shape index (κ1) is 20.9. The molecular weight excluding hydrogens is 431 g/mol. The van der Waals surface area contributed by atoms with Gasteiger partial charge in [0.25, 0.3) is 0 Å². The Morgan fingerprint density at radius 1 is 1.00 bits per heavy atom. The summed E-state index contributed by atoms with van der Waals surface area (Å²) in [6.07, 6.45) is 0.578. The number of anilines is 1. The van der Waals surface area contributed by atoms with Crippen LogP contribution in [0.2, 0.25) is 0 Å². The quantitative estimate of drug-likeness (QED) is 0.580. The number of nitrogens with zero attached hydrogens (tertiary/aromatic N) is 2. The Labute approximate surface area is 186 Å². The summed E-state index contributed by atoms with van der Waals surface area (Å²) in [5, 5.41) is 0.657. The Balaban J connectivity index is 1.40. The first-order valence-electron chi connectivity index (χ1n) is 10.6. The number of cyclic esters (lactones) is 1. The van der Waals surface area contributed by atoms with Gasteiger partial charge in [-0.15, -0.1) is 0 Å². The summed E-state index contributed by atoms with van der Waals surface area (Å²) in [4.78, 5) is 14.3. The highest BCUT2D eigenvalue weighted by molar-refractivity contribution is 7.89. The van der Waals surface area contributed by atoms with E-state index < -0.39 is 21.9 Å². The maximum absolute atomic E-state index is 14.2. The summed E-state index contributed by atoms with van der Waals surface area (Å²) in [5.74, 6) is -0.448. The van der Waals surface area contributed by atoms with E-state index in [4.69, 9.17) is 4.74 Å². The van der Waals surface area contributed by atoms with Crippen LogP contribution in [0.1, 0.15) is 24.0 Å². The van der Waals surface area contributed by atoms with Crippen LogP contribution in [0.25, 0.3) is 10.8 Å². The van der Waals surface area contributed by atoms with Crippen LogP contribution < -0.4 is 4.90 Å². The van der Waals surface area contributed by atoms with Gasteiger partial charge in [-0.2, -0.15) is 4.31 Å². The van der Waals surface area contributed by atoms with E-state index in [1.165, 1.54) is 16.4 Å². The molecule has 2 heterocycles. The molecule has 0 unspecified atom stereocenters. The Morgan fingerprint density at radius 3 is 2.47 bits per heavy atom. The predicted octanol–water partition coefficient (Wildman–Crippen LogP) is 4.60. The molecule has 1 amide bonds. The van der Waals surface area contributed by atoms with Crippen molar-refractivity contribution in [2.24, 2.45) is 0 Å². The van der Waals surface area contributed by atoms with Crippen LogP contribution in [0.3, 0.4) is 0 Å². The zero-order chi connectivity index (χ0) is 22.5. The van der Waals surface area contributed by atoms with Crippen LogP contribution in [0.5, 0.6) is 0 Å². The van der Waals surface area contributed by atoms with Gasteiger partial charge in [-0.1, -0.05) is 42.0 Å². The zero-order valence-electron chi connectivity index (χ0n) is 17.6. The Hall–Kier alpha value is -2.97. The van der Waals surface area contributed by atoms with Crippen LogP contribution in [0, 0.1) is 12.7 Å². The number of fused-ring (bicyclic) bond motifs is 2. The fraction of sp³-hybridized carbons (Fsp3) is 0.292. The number of sulfonamides is 1. The van der Waals surface area contributed by atoms with Crippen molar-refractivity contribution in [2.45, 2.75) is 37.3 Å². The molecule has 0 bridgehead atoms. The molecule has 1 fully saturated rings. The third kappa shape index (κ3) is 3.43. The molecule has 6 nitrogen and oxygen atoms in total. The van der Waals surface area contributed by atoms with E-state index >= 15 is 0 Å². The molecule has 0 spiro atoms. The number of benzene rings is 3. The van der Waals surface area contributed by atoms with Gasteiger partial charge in [0.2, 0.25) is 10.0 Å². The molecule has 2 aliphatic rings. The number of ether oxygens (including phenoxy) is 1. The van der Waals surface area contributed by atoms with E-state index in [-0.39, 0.29) is 36.0 Å². The number of aryl methyl sites for hydroxylation is 1. The SMILES string of the molecule is Cc1ccc2c(c1)COC(=O)N2C1CCN(S(=O)(=O)c2ccc(F)c3ccccc23)CC1. The fourth-order valence-corrected chi connectivity index (χ4v) is 6.32. The molecule has 0 aromatic heterocycles. The molecule has 32 heavy (non-hydrogen) atoms. The van der Waals surface area contributed by atoms with Crippen LogP contribution >= 0.6 is 0 Å². The van der Waals surface area contributed by atoms with Gasteiger partial charge in [0.15, 0.2) is 0 Å². The first-order chi connectivity index (χ1) is 15.4. The van der Waals surface area contributed by atoms with Gasteiger partial charge in [-0.05, 0) is 38.0 Å². The standard InChI is InChI=1S/C24H23FN2O4S/c1-16-6-8-22-17(14-16)15-31-24(28)27(22)18-10-12-26(13-11-18)32(29,30)23-9-7-21(25)19-4-2-3-5-20(19)23/h2-9,14,18H,10-13,15H2,1H3. The Kier molecular flexibility index (Phi) is 5.14. The van der Waals surface area contributed by atoms with Crippen LogP contribution in [-0.2, 0) is 21.4 Å². The molecule has 0 aliphatic carbocycles. The summed E-state index contributed by atoms with van der Waals surface area (Å²) < 4.78 is 47.8. The van der Waals surface area contributed by atoms with E-state index in [2.05, 4.69) is 0 Å². The van der Waals surface area contributed by atoms with Crippen molar-refractivity contribution in [1.29, 1.82) is 0 Å². The van der Waals surface area contributed by atoms with Gasteiger partial charge in [-0.3, -0.25) is 4.90 Å². The molecule has 0 saturated carbocycles. The molecule has 0 radical (unpaired) electrons. The van der Waals surface area contributed by atoms with Gasteiger partial charge in [0.05, 0.1) is 10.6 Å². The highest BCUT2D eigenvalue weighted by Crippen LogP contribution is 2.34. The molecule has 0 N–H and O–H groups in total. The summed E-state index contributed by atoms with van der Waals surface area (Å²) in [7, 11) is -3.81. The van der Waals surface area contributed by atoms with E-state index in [0.717, 1.165) is 16.8 Å². The van der Waals surface area contributed by atoms with Crippen LogP contribution in [-0.4, -0.2) is 37.9 Å². The van der Waals surface area contributed by atoms with Crippen molar-refractivity contribution in [2.75, 3.05) is 18.0 Å². The lowest BCUT2D eigenvalue weighted by Gasteiger charge is -2.40. The number of carbonyl (C=O) groups is 1. The lowest BCUT2D eigenvalue weighted by atomic mass is 10.0. The number of halogens is 1. The van der Waals surface area contributed by atoms with Crippen molar-refractivity contribution in [3.63, 3.8) is 0 Å². The monoisotopic (exact) mass is 454 g/mol. The maximum Gasteiger partial charge on any atom is 0.414 e. The molecule has 2 aliphatic heterocycles. The van der Waals surface area contributed by atoms with Crippen molar-refractivity contribution < 1.29 is 22.3 Å². The average Bonchev–Trinajstić information content (AvgIpc) is 2.79. The molecule has 3 aromatic rings. The molecule has 1 saturated heterocycles. The molecule has 8 heteroatoms. The number of hydrogen-bond acceptors (Lipinski definition) is 4. The van der Waals surface area contributed by atoms with Gasteiger partial charge < -0.3 is 4.74 Å². The second kappa shape index (κ2) is 7.86. The number of piperidine rings is 1. The minimum absolute atomic E-state index is 0.103. The minimum atomic E-state index is -3.81. The van der Waals surface area contributed by atoms with E-state index in [1.807, 2.05) is 25.1 Å². The second-order valence-corrected chi connectivity index (χ2v) is 10.2.